The predicted octanol–water partition coefficient (Wildman–Crippen LogP) is 7.34. The Morgan fingerprint density at radius 3 is 1.10 bits per heavy atom. The average Bonchev–Trinajstić information content (AvgIpc) is 2.93. The van der Waals surface area contributed by atoms with Crippen LogP contribution in [-0.2, 0) is 28.7 Å². The van der Waals surface area contributed by atoms with Gasteiger partial charge < -0.3 is 15.2 Å². The molecule has 0 radical (unpaired) electrons. The molecule has 42 heavy (non-hydrogen) atoms. The summed E-state index contributed by atoms with van der Waals surface area (Å²) in [6, 6.07) is -1.10. The summed E-state index contributed by atoms with van der Waals surface area (Å²) in [5.41, 5.74) is 5.76. The molecule has 2 N–H and O–H groups in total. The molecule has 0 fully saturated rings. The number of carbonyl (C=O) groups excluding carboxylic acids is 4. The van der Waals surface area contributed by atoms with E-state index in [1.807, 2.05) is 0 Å². The fraction of sp³-hybridized carbons (Fsp3) is 0.879. The van der Waals surface area contributed by atoms with Crippen molar-refractivity contribution in [2.24, 2.45) is 5.73 Å². The molecular weight excluding hydrogens is 585 g/mol. The Labute approximate surface area is 342 Å². The summed E-state index contributed by atoms with van der Waals surface area (Å²) >= 11 is 0. The number of nitrogens with two attached hydrogens (primary N) is 1. The number of ether oxygens (including phenoxy) is 2. The summed E-state index contributed by atoms with van der Waals surface area (Å²) in [6.45, 7) is 4.45. The minimum atomic E-state index is -1.10. The third-order valence-corrected chi connectivity index (χ3v) is 7.37. The van der Waals surface area contributed by atoms with Gasteiger partial charge in [0.15, 0.2) is 0 Å². The van der Waals surface area contributed by atoms with Crippen molar-refractivity contribution in [2.75, 3.05) is 0 Å². The van der Waals surface area contributed by atoms with E-state index in [9.17, 15) is 19.2 Å². The van der Waals surface area contributed by atoms with Crippen molar-refractivity contribution in [1.29, 1.82) is 0 Å². The van der Waals surface area contributed by atoms with Crippen molar-refractivity contribution in [3.8, 4) is 0 Å². The molecule has 0 bridgehead atoms. The van der Waals surface area contributed by atoms with E-state index in [2.05, 4.69) is 13.8 Å². The minimum absolute atomic E-state index is 0. The van der Waals surface area contributed by atoms with Crippen molar-refractivity contribution < 1.29 is 28.7 Å². The van der Waals surface area contributed by atoms with Crippen LogP contribution in [0.2, 0.25) is 0 Å². The number of carbonyl (C=O) groups is 4. The molecule has 0 aromatic carbocycles. The van der Waals surface area contributed by atoms with Gasteiger partial charge in [-0.2, -0.15) is 0 Å². The first-order valence-electron chi connectivity index (χ1n) is 16.6. The van der Waals surface area contributed by atoms with E-state index in [-0.39, 0.29) is 128 Å². The second-order valence-electron chi connectivity index (χ2n) is 11.4. The SMILES string of the molecule is CCCCCCCCCCCCCC(=O)OC(=O)CC[C@H](N)C(=O)OC(=O)CCCCCCCCCCCCC.[KH].[KH]. The van der Waals surface area contributed by atoms with Crippen LogP contribution in [0.4, 0.5) is 0 Å². The summed E-state index contributed by atoms with van der Waals surface area (Å²) in [6.07, 6.45) is 26.2. The molecule has 0 aromatic rings. The van der Waals surface area contributed by atoms with E-state index in [0.717, 1.165) is 25.7 Å². The standard InChI is InChI=1S/C33H61NO6.2K.2H/c1-3-5-7-9-11-13-15-17-19-21-23-25-30(35)39-32(37)28-27-29(34)33(38)40-31(36)26-24-22-20-18-16-14-12-10-8-6-4-2;;;;/h29H,3-28,34H2,1-2H3;;;;/t29-;;;;/m0..../s1. The molecule has 0 unspecified atom stereocenters. The first-order valence-corrected chi connectivity index (χ1v) is 16.6. The van der Waals surface area contributed by atoms with Gasteiger partial charge in [0.05, 0.1) is 0 Å². The Morgan fingerprint density at radius 1 is 0.452 bits per heavy atom. The van der Waals surface area contributed by atoms with Gasteiger partial charge in [0.1, 0.15) is 6.04 Å². The summed E-state index contributed by atoms with van der Waals surface area (Å²) in [4.78, 5) is 47.7. The van der Waals surface area contributed by atoms with Gasteiger partial charge in [-0.3, -0.25) is 14.4 Å². The molecule has 0 saturated heterocycles. The van der Waals surface area contributed by atoms with Gasteiger partial charge in [-0.25, -0.2) is 4.79 Å². The molecule has 0 aliphatic rings. The Kier molecular flexibility index (Phi) is 42.2. The van der Waals surface area contributed by atoms with Crippen LogP contribution in [0.15, 0.2) is 0 Å². The van der Waals surface area contributed by atoms with Gasteiger partial charge in [0.2, 0.25) is 0 Å². The van der Waals surface area contributed by atoms with Crippen molar-refractivity contribution >= 4 is 127 Å². The van der Waals surface area contributed by atoms with Crippen molar-refractivity contribution in [1.82, 2.24) is 0 Å². The van der Waals surface area contributed by atoms with Crippen molar-refractivity contribution in [3.63, 3.8) is 0 Å². The molecule has 0 aromatic heterocycles. The Balaban J connectivity index is -0.00000760. The molecule has 0 aliphatic heterocycles. The van der Waals surface area contributed by atoms with E-state index >= 15 is 0 Å². The molecule has 9 heteroatoms. The average molecular weight is 648 g/mol. The Bertz CT molecular complexity index is 662. The Hall–Kier alpha value is 1.51. The van der Waals surface area contributed by atoms with E-state index in [0.29, 0.717) is 12.8 Å². The van der Waals surface area contributed by atoms with Gasteiger partial charge >= 0.3 is 127 Å². The summed E-state index contributed by atoms with van der Waals surface area (Å²) in [7, 11) is 0. The van der Waals surface area contributed by atoms with Crippen molar-refractivity contribution in [3.05, 3.63) is 0 Å². The van der Waals surface area contributed by atoms with E-state index in [4.69, 9.17) is 15.2 Å². The Morgan fingerprint density at radius 2 is 0.738 bits per heavy atom. The molecule has 0 spiro atoms. The van der Waals surface area contributed by atoms with Gasteiger partial charge in [0.25, 0.3) is 0 Å². The second-order valence-corrected chi connectivity index (χ2v) is 11.4. The first-order chi connectivity index (χ1) is 19.4. The monoisotopic (exact) mass is 647 g/mol. The summed E-state index contributed by atoms with van der Waals surface area (Å²) < 4.78 is 9.64. The molecule has 7 nitrogen and oxygen atoms in total. The fourth-order valence-corrected chi connectivity index (χ4v) is 4.73. The number of hydrogen-bond donors (Lipinski definition) is 1. The zero-order valence-electron chi connectivity index (χ0n) is 26.0. The molecular formula is C33H63K2NO6. The molecule has 0 amide bonds. The van der Waals surface area contributed by atoms with Crippen LogP contribution < -0.4 is 5.73 Å². The third-order valence-electron chi connectivity index (χ3n) is 7.37. The second kappa shape index (κ2) is 37.0. The van der Waals surface area contributed by atoms with Gasteiger partial charge in [0, 0.05) is 19.3 Å². The van der Waals surface area contributed by atoms with Crippen molar-refractivity contribution in [2.45, 2.75) is 187 Å². The van der Waals surface area contributed by atoms with Crippen LogP contribution in [0, 0.1) is 0 Å². The fourth-order valence-electron chi connectivity index (χ4n) is 4.73. The van der Waals surface area contributed by atoms with Gasteiger partial charge in [-0.05, 0) is 19.3 Å². The van der Waals surface area contributed by atoms with Crippen LogP contribution in [-0.4, -0.2) is 133 Å². The zero-order chi connectivity index (χ0) is 29.7. The number of unbranched alkanes of at least 4 members (excludes halogenated alkanes) is 20. The van der Waals surface area contributed by atoms with Crippen LogP contribution >= 0.6 is 0 Å². The quantitative estimate of drug-likeness (QED) is 0.0409. The van der Waals surface area contributed by atoms with Crippen LogP contribution in [0.5, 0.6) is 0 Å². The van der Waals surface area contributed by atoms with E-state index in [1.54, 1.807) is 0 Å². The molecule has 0 saturated carbocycles. The molecule has 0 rings (SSSR count). The number of hydrogen-bond acceptors (Lipinski definition) is 7. The maximum absolute atomic E-state index is 12.0. The topological polar surface area (TPSA) is 113 Å². The van der Waals surface area contributed by atoms with Gasteiger partial charge in [-0.15, -0.1) is 0 Å². The van der Waals surface area contributed by atoms with Crippen LogP contribution in [0.3, 0.4) is 0 Å². The molecule has 0 aliphatic carbocycles. The molecule has 238 valence electrons. The van der Waals surface area contributed by atoms with E-state index < -0.39 is 29.9 Å². The van der Waals surface area contributed by atoms with Crippen LogP contribution in [0.25, 0.3) is 0 Å². The third kappa shape index (κ3) is 34.4. The summed E-state index contributed by atoms with van der Waals surface area (Å²) in [5.74, 6) is -2.67. The first kappa shape index (κ1) is 47.9. The number of rotatable bonds is 28. The zero-order valence-corrected chi connectivity index (χ0v) is 26.0. The van der Waals surface area contributed by atoms with E-state index in [1.165, 1.54) is 103 Å². The normalized spacial score (nSPS) is 11.2. The van der Waals surface area contributed by atoms with Crippen LogP contribution in [0.1, 0.15) is 181 Å². The summed E-state index contributed by atoms with van der Waals surface area (Å²) in [5, 5.41) is 0. The van der Waals surface area contributed by atoms with Gasteiger partial charge in [-0.1, -0.05) is 142 Å². The molecule has 0 heterocycles. The predicted molar refractivity (Wildman–Crippen MR) is 176 cm³/mol. The maximum atomic E-state index is 12.0. The molecule has 1 atom stereocenters. The number of esters is 4.